The Kier molecular flexibility index (Phi) is 8.40. The van der Waals surface area contributed by atoms with Gasteiger partial charge in [-0.1, -0.05) is 53.6 Å². The number of aliphatic carboxylic acids is 1. The first-order valence-corrected chi connectivity index (χ1v) is 10.9. The fourth-order valence-electron chi connectivity index (χ4n) is 3.14. The van der Waals surface area contributed by atoms with Crippen molar-refractivity contribution in [3.8, 4) is 0 Å². The number of carbonyl (C=O) groups excluding carboxylic acids is 1. The summed E-state index contributed by atoms with van der Waals surface area (Å²) in [6, 6.07) is 13.0. The van der Waals surface area contributed by atoms with Crippen molar-refractivity contribution in [1.82, 2.24) is 15.3 Å². The lowest BCUT2D eigenvalue weighted by molar-refractivity contribution is -0.139. The number of aromatic nitrogens is 2. The summed E-state index contributed by atoms with van der Waals surface area (Å²) >= 11 is 12.1. The zero-order valence-corrected chi connectivity index (χ0v) is 19.3. The monoisotopic (exact) mass is 484 g/mol. The highest BCUT2D eigenvalue weighted by atomic mass is 35.5. The van der Waals surface area contributed by atoms with Crippen LogP contribution in [0, 0.1) is 0 Å². The second-order valence-electron chi connectivity index (χ2n) is 6.98. The quantitative estimate of drug-likeness (QED) is 0.431. The van der Waals surface area contributed by atoms with E-state index in [9.17, 15) is 14.7 Å². The van der Waals surface area contributed by atoms with Crippen LogP contribution >= 0.6 is 23.2 Å². The van der Waals surface area contributed by atoms with Gasteiger partial charge in [0.05, 0.1) is 15.6 Å². The Bertz CT molecular complexity index is 1120. The molecule has 3 aromatic rings. The molecule has 0 aliphatic carbocycles. The normalized spacial score (nSPS) is 11.8. The smallest absolute Gasteiger partial charge is 0.326 e. The van der Waals surface area contributed by atoms with Crippen molar-refractivity contribution in [3.05, 3.63) is 88.2 Å². The van der Waals surface area contributed by atoms with Crippen LogP contribution in [0.2, 0.25) is 10.0 Å². The molecule has 2 aromatic carbocycles. The number of carbonyl (C=O) groups is 2. The molecule has 0 aliphatic rings. The van der Waals surface area contributed by atoms with E-state index in [4.69, 9.17) is 23.2 Å². The number of benzene rings is 2. The van der Waals surface area contributed by atoms with Crippen molar-refractivity contribution in [2.45, 2.75) is 19.4 Å². The van der Waals surface area contributed by atoms with E-state index in [-0.39, 0.29) is 22.0 Å². The number of nitrogens with zero attached hydrogens (tertiary/aromatic N) is 3. The van der Waals surface area contributed by atoms with E-state index in [1.54, 1.807) is 36.7 Å². The van der Waals surface area contributed by atoms with Crippen molar-refractivity contribution >= 4 is 52.8 Å². The molecule has 1 heterocycles. The van der Waals surface area contributed by atoms with Gasteiger partial charge in [-0.05, 0) is 49.2 Å². The van der Waals surface area contributed by atoms with Gasteiger partial charge in [-0.3, -0.25) is 4.79 Å². The molecule has 0 saturated carbocycles. The van der Waals surface area contributed by atoms with E-state index in [2.05, 4.69) is 15.3 Å². The van der Waals surface area contributed by atoms with E-state index in [0.29, 0.717) is 12.5 Å². The van der Waals surface area contributed by atoms with Crippen molar-refractivity contribution in [3.63, 3.8) is 0 Å². The van der Waals surface area contributed by atoms with Crippen molar-refractivity contribution in [1.29, 1.82) is 0 Å². The van der Waals surface area contributed by atoms with Gasteiger partial charge in [0.1, 0.15) is 6.04 Å². The average Bonchev–Trinajstić information content (AvgIpc) is 2.80. The fraction of sp³-hybridized carbons (Fsp3) is 0.167. The van der Waals surface area contributed by atoms with Crippen LogP contribution in [0.5, 0.6) is 0 Å². The van der Waals surface area contributed by atoms with Gasteiger partial charge in [0.15, 0.2) is 0 Å². The Labute approximate surface area is 201 Å². The first-order valence-electron chi connectivity index (χ1n) is 10.2. The van der Waals surface area contributed by atoms with Crippen molar-refractivity contribution in [2.24, 2.45) is 0 Å². The van der Waals surface area contributed by atoms with Crippen molar-refractivity contribution < 1.29 is 14.7 Å². The first-order chi connectivity index (χ1) is 15.9. The van der Waals surface area contributed by atoms with E-state index in [0.717, 1.165) is 11.3 Å². The molecule has 33 heavy (non-hydrogen) atoms. The highest BCUT2D eigenvalue weighted by Gasteiger charge is 2.22. The summed E-state index contributed by atoms with van der Waals surface area (Å²) in [4.78, 5) is 34.7. The molecule has 1 amide bonds. The van der Waals surface area contributed by atoms with Crippen LogP contribution in [-0.2, 0) is 4.79 Å². The van der Waals surface area contributed by atoms with E-state index < -0.39 is 17.9 Å². The third-order valence-corrected chi connectivity index (χ3v) is 5.42. The Morgan fingerprint density at radius 3 is 2.27 bits per heavy atom. The molecule has 0 fully saturated rings. The van der Waals surface area contributed by atoms with Gasteiger partial charge >= 0.3 is 5.97 Å². The number of hydrogen-bond acceptors (Lipinski definition) is 5. The summed E-state index contributed by atoms with van der Waals surface area (Å²) in [5.74, 6) is -1.19. The molecular formula is C24H22Cl2N4O3. The van der Waals surface area contributed by atoms with Crippen molar-refractivity contribution in [2.75, 3.05) is 11.4 Å². The Balaban J connectivity index is 1.66. The number of anilines is 2. The molecule has 1 unspecified atom stereocenters. The summed E-state index contributed by atoms with van der Waals surface area (Å²) in [6.45, 7) is 2.72. The van der Waals surface area contributed by atoms with Crippen LogP contribution in [0.1, 0.15) is 29.3 Å². The Hall–Kier alpha value is -3.42. The SMILES string of the molecule is CCN(c1ccc(/C=C/CC(NC(=O)c2c(Cl)cccc2Cl)C(=O)O)cc1)c1ncccn1. The number of amides is 1. The molecular weight excluding hydrogens is 463 g/mol. The lowest BCUT2D eigenvalue weighted by atomic mass is 10.1. The zero-order valence-electron chi connectivity index (χ0n) is 17.8. The number of carboxylic acids is 1. The second kappa shape index (κ2) is 11.4. The van der Waals surface area contributed by atoms with Gasteiger partial charge in [0.25, 0.3) is 5.91 Å². The van der Waals surface area contributed by atoms with Gasteiger partial charge < -0.3 is 15.3 Å². The summed E-state index contributed by atoms with van der Waals surface area (Å²) in [5.41, 5.74) is 1.87. The second-order valence-corrected chi connectivity index (χ2v) is 7.80. The maximum atomic E-state index is 12.5. The molecule has 0 radical (unpaired) electrons. The van der Waals surface area contributed by atoms with Gasteiger partial charge in [-0.2, -0.15) is 0 Å². The maximum Gasteiger partial charge on any atom is 0.326 e. The molecule has 3 rings (SSSR count). The minimum absolute atomic E-state index is 0.0505. The predicted octanol–water partition coefficient (Wildman–Crippen LogP) is 5.23. The predicted molar refractivity (Wildman–Crippen MR) is 130 cm³/mol. The molecule has 0 aliphatic heterocycles. The third-order valence-electron chi connectivity index (χ3n) is 4.79. The lowest BCUT2D eigenvalue weighted by Gasteiger charge is -2.20. The molecule has 170 valence electrons. The maximum absolute atomic E-state index is 12.5. The molecule has 0 saturated heterocycles. The largest absolute Gasteiger partial charge is 0.480 e. The van der Waals surface area contributed by atoms with Gasteiger partial charge in [-0.15, -0.1) is 0 Å². The molecule has 0 bridgehead atoms. The third kappa shape index (κ3) is 6.31. The molecule has 0 spiro atoms. The summed E-state index contributed by atoms with van der Waals surface area (Å²) < 4.78 is 0. The highest BCUT2D eigenvalue weighted by molar-refractivity contribution is 6.39. The van der Waals surface area contributed by atoms with Crippen LogP contribution in [0.3, 0.4) is 0 Å². The zero-order chi connectivity index (χ0) is 23.8. The number of rotatable bonds is 9. The number of carboxylic acid groups (broad SMARTS) is 1. The van der Waals surface area contributed by atoms with Gasteiger partial charge in [-0.25, -0.2) is 14.8 Å². The van der Waals surface area contributed by atoms with Gasteiger partial charge in [0, 0.05) is 24.6 Å². The highest BCUT2D eigenvalue weighted by Crippen LogP contribution is 2.24. The molecule has 1 aromatic heterocycles. The topological polar surface area (TPSA) is 95.4 Å². The molecule has 7 nitrogen and oxygen atoms in total. The lowest BCUT2D eigenvalue weighted by Crippen LogP contribution is -2.40. The average molecular weight is 485 g/mol. The van der Waals surface area contributed by atoms with E-state index in [1.165, 1.54) is 12.1 Å². The Morgan fingerprint density at radius 1 is 1.06 bits per heavy atom. The number of nitrogens with one attached hydrogen (secondary N) is 1. The summed E-state index contributed by atoms with van der Waals surface area (Å²) in [6.07, 6.45) is 6.96. The van der Waals surface area contributed by atoms with Gasteiger partial charge in [0.2, 0.25) is 5.95 Å². The Morgan fingerprint density at radius 2 is 1.70 bits per heavy atom. The summed E-state index contributed by atoms with van der Waals surface area (Å²) in [7, 11) is 0. The number of hydrogen-bond donors (Lipinski definition) is 2. The minimum atomic E-state index is -1.16. The van der Waals surface area contributed by atoms with E-state index in [1.807, 2.05) is 36.1 Å². The molecule has 9 heteroatoms. The standard InChI is InChI=1S/C24H22Cl2N4O3/c1-2-30(24-27-14-5-15-28-24)17-12-10-16(11-13-17)6-3-9-20(23(32)33)29-22(31)21-18(25)7-4-8-19(21)26/h3-8,10-15,20H,2,9H2,1H3,(H,29,31)(H,32,33)/b6-3+. The van der Waals surface area contributed by atoms with Crippen LogP contribution < -0.4 is 10.2 Å². The summed E-state index contributed by atoms with van der Waals surface area (Å²) in [5, 5.41) is 12.3. The van der Waals surface area contributed by atoms with Crippen LogP contribution in [0.25, 0.3) is 6.08 Å². The molecule has 1 atom stereocenters. The van der Waals surface area contributed by atoms with Crippen LogP contribution in [0.4, 0.5) is 11.6 Å². The van der Waals surface area contributed by atoms with Crippen LogP contribution in [-0.4, -0.2) is 39.5 Å². The fourth-order valence-corrected chi connectivity index (χ4v) is 3.71. The van der Waals surface area contributed by atoms with Crippen LogP contribution in [0.15, 0.2) is 67.0 Å². The van der Waals surface area contributed by atoms with E-state index >= 15 is 0 Å². The minimum Gasteiger partial charge on any atom is -0.480 e. The number of halogens is 2. The molecule has 2 N–H and O–H groups in total. The first kappa shape index (κ1) is 24.2.